The van der Waals surface area contributed by atoms with Gasteiger partial charge in [-0.15, -0.1) is 0 Å². The summed E-state index contributed by atoms with van der Waals surface area (Å²) in [6, 6.07) is 37.9. The zero-order chi connectivity index (χ0) is 29.1. The van der Waals surface area contributed by atoms with Gasteiger partial charge in [0.05, 0.1) is 17.1 Å². The highest BCUT2D eigenvalue weighted by atomic mass is 16.2. The van der Waals surface area contributed by atoms with Gasteiger partial charge in [-0.25, -0.2) is 0 Å². The molecule has 0 N–H and O–H groups in total. The number of para-hydroxylation sites is 2. The molecule has 5 aromatic rings. The number of aryl methyl sites for hydroxylation is 1. The summed E-state index contributed by atoms with van der Waals surface area (Å²) in [7, 11) is 0. The third-order valence-corrected chi connectivity index (χ3v) is 7.98. The van der Waals surface area contributed by atoms with Crippen LogP contribution in [0.4, 0.5) is 5.69 Å². The molecule has 0 saturated heterocycles. The highest BCUT2D eigenvalue weighted by Gasteiger charge is 2.37. The van der Waals surface area contributed by atoms with Crippen LogP contribution in [0.25, 0.3) is 16.8 Å². The van der Waals surface area contributed by atoms with Gasteiger partial charge in [0, 0.05) is 18.3 Å². The molecular formula is C37H35N3O2. The van der Waals surface area contributed by atoms with Crippen molar-refractivity contribution in [1.29, 1.82) is 0 Å². The van der Waals surface area contributed by atoms with Gasteiger partial charge in [0.25, 0.3) is 5.91 Å². The van der Waals surface area contributed by atoms with E-state index in [-0.39, 0.29) is 24.4 Å². The van der Waals surface area contributed by atoms with E-state index in [1.54, 1.807) is 4.90 Å². The lowest BCUT2D eigenvalue weighted by Crippen LogP contribution is -2.47. The minimum Gasteiger partial charge on any atom is -0.329 e. The second-order valence-corrected chi connectivity index (χ2v) is 10.9. The number of aromatic nitrogens is 1. The summed E-state index contributed by atoms with van der Waals surface area (Å²) in [5.74, 6) is -0.232. The largest absolute Gasteiger partial charge is 0.329 e. The number of rotatable bonds is 8. The number of nitrogens with zero attached hydrogens (tertiary/aromatic N) is 3. The van der Waals surface area contributed by atoms with Crippen molar-refractivity contribution in [1.82, 2.24) is 9.47 Å². The Morgan fingerprint density at radius 2 is 1.48 bits per heavy atom. The third kappa shape index (κ3) is 5.26. The zero-order valence-corrected chi connectivity index (χ0v) is 24.1. The Morgan fingerprint density at radius 3 is 2.21 bits per heavy atom. The molecule has 42 heavy (non-hydrogen) atoms. The van der Waals surface area contributed by atoms with E-state index in [9.17, 15) is 9.59 Å². The molecule has 1 aliphatic rings. The van der Waals surface area contributed by atoms with E-state index in [1.807, 2.05) is 83.8 Å². The molecule has 0 bridgehead atoms. The van der Waals surface area contributed by atoms with Crippen molar-refractivity contribution in [2.45, 2.75) is 32.7 Å². The van der Waals surface area contributed by atoms with Crippen molar-refractivity contribution < 1.29 is 9.59 Å². The van der Waals surface area contributed by atoms with E-state index in [0.717, 1.165) is 52.2 Å². The minimum atomic E-state index is -0.310. The summed E-state index contributed by atoms with van der Waals surface area (Å²) < 4.78 is 2.17. The van der Waals surface area contributed by atoms with E-state index >= 15 is 0 Å². The molecule has 0 radical (unpaired) electrons. The van der Waals surface area contributed by atoms with Crippen LogP contribution in [0.1, 0.15) is 53.0 Å². The molecule has 5 heteroatoms. The molecule has 0 spiro atoms. The van der Waals surface area contributed by atoms with Crippen LogP contribution < -0.4 is 4.90 Å². The number of carbonyl (C=O) groups excluding carboxylic acids is 2. The first-order chi connectivity index (χ1) is 20.5. The second kappa shape index (κ2) is 11.9. The van der Waals surface area contributed by atoms with E-state index < -0.39 is 0 Å². The number of carbonyl (C=O) groups is 2. The van der Waals surface area contributed by atoms with Crippen LogP contribution in [0.15, 0.2) is 121 Å². The van der Waals surface area contributed by atoms with Gasteiger partial charge in [0.15, 0.2) is 0 Å². The molecule has 2 amide bonds. The molecule has 4 aromatic carbocycles. The topological polar surface area (TPSA) is 45.6 Å². The van der Waals surface area contributed by atoms with Gasteiger partial charge >= 0.3 is 0 Å². The van der Waals surface area contributed by atoms with Crippen LogP contribution in [0, 0.1) is 6.92 Å². The number of fused-ring (bicyclic) bond motifs is 3. The van der Waals surface area contributed by atoms with Crippen molar-refractivity contribution in [2.75, 3.05) is 18.0 Å². The highest BCUT2D eigenvalue weighted by molar-refractivity contribution is 6.02. The van der Waals surface area contributed by atoms with E-state index in [2.05, 4.69) is 61.0 Å². The lowest BCUT2D eigenvalue weighted by Gasteiger charge is -2.39. The third-order valence-electron chi connectivity index (χ3n) is 7.98. The Balaban J connectivity index is 1.34. The molecule has 1 atom stereocenters. The first kappa shape index (κ1) is 27.3. The average Bonchev–Trinajstić information content (AvgIpc) is 3.52. The number of benzene rings is 4. The molecule has 1 unspecified atom stereocenters. The maximum atomic E-state index is 14.4. The van der Waals surface area contributed by atoms with Crippen LogP contribution in [0.5, 0.6) is 0 Å². The summed E-state index contributed by atoms with van der Waals surface area (Å²) in [6.45, 7) is 4.68. The molecule has 2 heterocycles. The van der Waals surface area contributed by atoms with Crippen LogP contribution in [-0.2, 0) is 4.79 Å². The van der Waals surface area contributed by atoms with Gasteiger partial charge in [-0.3, -0.25) is 14.5 Å². The molecule has 0 aliphatic carbocycles. The van der Waals surface area contributed by atoms with Gasteiger partial charge < -0.3 is 9.47 Å². The number of hydrogen-bond acceptors (Lipinski definition) is 2. The Hall–Kier alpha value is -4.90. The smallest absolute Gasteiger partial charge is 0.254 e. The van der Waals surface area contributed by atoms with Gasteiger partial charge in [-0.1, -0.05) is 97.8 Å². The van der Waals surface area contributed by atoms with Crippen molar-refractivity contribution >= 4 is 17.5 Å². The summed E-state index contributed by atoms with van der Waals surface area (Å²) in [5, 5.41) is 0. The minimum absolute atomic E-state index is 0.00334. The number of unbranched alkanes of at least 4 members (excludes halogenated alkanes) is 1. The molecular weight excluding hydrogens is 518 g/mol. The standard InChI is InChI=1S/C37H35N3O2/c1-3-4-23-38(37(42)30-21-19-29(20-22-30)28-13-6-5-7-14-28)26-35(41)40-33-17-9-8-16-32(33)39-24-11-18-34(39)36(40)31-15-10-12-27(2)25-31/h5-22,24-25,36H,3-4,23,26H2,1-2H3. The lowest BCUT2D eigenvalue weighted by molar-refractivity contribution is -0.119. The van der Waals surface area contributed by atoms with Crippen molar-refractivity contribution in [3.8, 4) is 16.8 Å². The fraction of sp³-hybridized carbons (Fsp3) is 0.189. The zero-order valence-electron chi connectivity index (χ0n) is 24.1. The summed E-state index contributed by atoms with van der Waals surface area (Å²) in [6.07, 6.45) is 3.80. The van der Waals surface area contributed by atoms with Gasteiger partial charge in [-0.05, 0) is 66.4 Å². The predicted octanol–water partition coefficient (Wildman–Crippen LogP) is 7.83. The quantitative estimate of drug-likeness (QED) is 0.197. The predicted molar refractivity (Wildman–Crippen MR) is 169 cm³/mol. The fourth-order valence-corrected chi connectivity index (χ4v) is 5.88. The highest BCUT2D eigenvalue weighted by Crippen LogP contribution is 2.42. The van der Waals surface area contributed by atoms with Gasteiger partial charge in [-0.2, -0.15) is 0 Å². The maximum Gasteiger partial charge on any atom is 0.254 e. The average molecular weight is 554 g/mol. The number of hydrogen-bond donors (Lipinski definition) is 0. The maximum absolute atomic E-state index is 14.4. The lowest BCUT2D eigenvalue weighted by atomic mass is 9.96. The van der Waals surface area contributed by atoms with E-state index in [0.29, 0.717) is 12.1 Å². The Bertz CT molecular complexity index is 1700. The molecule has 6 rings (SSSR count). The van der Waals surface area contributed by atoms with Crippen molar-refractivity contribution in [2.24, 2.45) is 0 Å². The molecule has 210 valence electrons. The van der Waals surface area contributed by atoms with Crippen LogP contribution in [-0.4, -0.2) is 34.4 Å². The van der Waals surface area contributed by atoms with Gasteiger partial charge in [0.1, 0.15) is 12.6 Å². The second-order valence-electron chi connectivity index (χ2n) is 10.9. The summed E-state index contributed by atoms with van der Waals surface area (Å²) >= 11 is 0. The Morgan fingerprint density at radius 1 is 0.762 bits per heavy atom. The Labute approximate surface area is 247 Å². The molecule has 1 aliphatic heterocycles. The summed E-state index contributed by atoms with van der Waals surface area (Å²) in [4.78, 5) is 31.9. The molecule has 5 nitrogen and oxygen atoms in total. The van der Waals surface area contributed by atoms with E-state index in [4.69, 9.17) is 0 Å². The first-order valence-electron chi connectivity index (χ1n) is 14.6. The first-order valence-corrected chi connectivity index (χ1v) is 14.6. The van der Waals surface area contributed by atoms with E-state index in [1.165, 1.54) is 0 Å². The summed E-state index contributed by atoms with van der Waals surface area (Å²) in [5.41, 5.74) is 7.74. The molecule has 0 fully saturated rings. The van der Waals surface area contributed by atoms with Crippen molar-refractivity contribution in [3.63, 3.8) is 0 Å². The fourth-order valence-electron chi connectivity index (χ4n) is 5.88. The van der Waals surface area contributed by atoms with Crippen molar-refractivity contribution in [3.05, 3.63) is 144 Å². The van der Waals surface area contributed by atoms with Crippen LogP contribution >= 0.6 is 0 Å². The Kier molecular flexibility index (Phi) is 7.74. The van der Waals surface area contributed by atoms with Crippen LogP contribution in [0.3, 0.4) is 0 Å². The van der Waals surface area contributed by atoms with Gasteiger partial charge in [0.2, 0.25) is 5.91 Å². The number of amides is 2. The SMILES string of the molecule is CCCCN(CC(=O)N1c2ccccc2-n2cccc2C1c1cccc(C)c1)C(=O)c1ccc(-c2ccccc2)cc1. The normalized spacial score (nSPS) is 13.8. The molecule has 1 aromatic heterocycles. The van der Waals surface area contributed by atoms with Crippen LogP contribution in [0.2, 0.25) is 0 Å². The number of anilines is 1. The monoisotopic (exact) mass is 553 g/mol. The molecule has 0 saturated carbocycles.